The second-order valence-corrected chi connectivity index (χ2v) is 11.1. The summed E-state index contributed by atoms with van der Waals surface area (Å²) < 4.78 is 5.32. The van der Waals surface area contributed by atoms with Gasteiger partial charge in [0.1, 0.15) is 30.8 Å². The lowest BCUT2D eigenvalue weighted by molar-refractivity contribution is -0.384. The third kappa shape index (κ3) is 5.51. The van der Waals surface area contributed by atoms with Gasteiger partial charge in [0.15, 0.2) is 5.71 Å². The van der Waals surface area contributed by atoms with E-state index in [1.807, 2.05) is 5.41 Å². The highest BCUT2D eigenvalue weighted by atomic mass is 35.5. The number of nitrogens with one attached hydrogen (secondary N) is 1. The smallest absolute Gasteiger partial charge is 0.356 e. The highest BCUT2D eigenvalue weighted by molar-refractivity contribution is 8.10. The largest absolute Gasteiger partial charge is 0.456 e. The van der Waals surface area contributed by atoms with E-state index in [4.69, 9.17) is 21.2 Å². The maximum Gasteiger partial charge on any atom is 0.356 e. The summed E-state index contributed by atoms with van der Waals surface area (Å²) in [4.78, 5) is 55.7. The molecule has 2 atom stereocenters. The zero-order valence-corrected chi connectivity index (χ0v) is 21.9. The third-order valence-electron chi connectivity index (χ3n) is 5.20. The molecule has 0 aromatic heterocycles. The summed E-state index contributed by atoms with van der Waals surface area (Å²) in [5.41, 5.74) is 0.451. The van der Waals surface area contributed by atoms with E-state index in [-0.39, 0.29) is 34.5 Å². The number of esters is 1. The van der Waals surface area contributed by atoms with E-state index in [0.717, 1.165) is 11.5 Å². The number of non-ortho nitro benzene ring substituents is 1. The molecule has 3 aliphatic rings. The molecule has 1 fully saturated rings. The number of rotatable bonds is 8. The zero-order chi connectivity index (χ0) is 25.8. The van der Waals surface area contributed by atoms with Crippen LogP contribution < -0.4 is 5.32 Å². The summed E-state index contributed by atoms with van der Waals surface area (Å²) in [6.07, 6.45) is 0. The predicted molar refractivity (Wildman–Crippen MR) is 138 cm³/mol. The maximum atomic E-state index is 13.0. The summed E-state index contributed by atoms with van der Waals surface area (Å²) in [6, 6.07) is 4.67. The van der Waals surface area contributed by atoms with Crippen molar-refractivity contribution in [3.8, 4) is 0 Å². The van der Waals surface area contributed by atoms with E-state index in [0.29, 0.717) is 10.5 Å². The number of thioether (sulfide) groups is 3. The summed E-state index contributed by atoms with van der Waals surface area (Å²) in [5, 5.41) is 18.8. The van der Waals surface area contributed by atoms with Gasteiger partial charge in [-0.1, -0.05) is 16.8 Å². The van der Waals surface area contributed by atoms with Crippen LogP contribution in [0.2, 0.25) is 0 Å². The highest BCUT2D eigenvalue weighted by Gasteiger charge is 2.54. The minimum absolute atomic E-state index is 0.0782. The molecule has 0 radical (unpaired) electrons. The predicted octanol–water partition coefficient (Wildman–Crippen LogP) is 2.81. The van der Waals surface area contributed by atoms with Crippen LogP contribution in [0.25, 0.3) is 0 Å². The van der Waals surface area contributed by atoms with E-state index in [2.05, 4.69) is 10.5 Å². The van der Waals surface area contributed by atoms with Crippen molar-refractivity contribution in [1.29, 1.82) is 0 Å². The molecule has 0 bridgehead atoms. The molecule has 4 rings (SSSR count). The molecule has 0 aliphatic carbocycles. The van der Waals surface area contributed by atoms with Crippen LogP contribution in [0, 0.1) is 10.1 Å². The van der Waals surface area contributed by atoms with Crippen molar-refractivity contribution in [2.24, 2.45) is 5.16 Å². The van der Waals surface area contributed by atoms with E-state index >= 15 is 0 Å². The monoisotopic (exact) mass is 570 g/mol. The normalized spacial score (nSPS) is 21.7. The summed E-state index contributed by atoms with van der Waals surface area (Å²) in [5.74, 6) is 0.124. The van der Waals surface area contributed by atoms with Gasteiger partial charge >= 0.3 is 5.97 Å². The zero-order valence-electron chi connectivity index (χ0n) is 18.7. The fraction of sp³-hybridized carbons (Fsp3) is 0.333. The number of carbonyl (C=O) groups is 3. The Bertz CT molecular complexity index is 1190. The standard InChI is InChI=1S/C21H19ClN4O7S3/c1-32-24-15(14-10-34-6-7-35-14)18(27)23-16-19(28)25-17(13(22)9-36-20(16)25)21(29)33-8-11-2-4-12(5-3-11)26(30)31/h2-5,10,16,20H,6-9H2,1H3,(H,23,27)/b24-15-/t16?,20-/m1/s1. The number of nitro groups is 1. The van der Waals surface area contributed by atoms with Crippen LogP contribution in [0.5, 0.6) is 0 Å². The van der Waals surface area contributed by atoms with Crippen LogP contribution in [-0.4, -0.2) is 69.1 Å². The van der Waals surface area contributed by atoms with E-state index in [9.17, 15) is 24.5 Å². The fourth-order valence-corrected chi connectivity index (χ4v) is 7.10. The van der Waals surface area contributed by atoms with Crippen LogP contribution in [0.1, 0.15) is 5.56 Å². The van der Waals surface area contributed by atoms with Gasteiger partial charge in [0.25, 0.3) is 17.5 Å². The Kier molecular flexibility index (Phi) is 8.49. The van der Waals surface area contributed by atoms with Crippen LogP contribution in [-0.2, 0) is 30.6 Å². The van der Waals surface area contributed by atoms with Crippen molar-refractivity contribution >= 4 is 76.1 Å². The Labute approximate surface area is 223 Å². The number of nitrogens with zero attached hydrogens (tertiary/aromatic N) is 3. The number of nitro benzene ring substituents is 1. The average molecular weight is 571 g/mol. The summed E-state index contributed by atoms with van der Waals surface area (Å²) >= 11 is 10.6. The Morgan fingerprint density at radius 2 is 2.06 bits per heavy atom. The van der Waals surface area contributed by atoms with E-state index < -0.39 is 34.1 Å². The number of ether oxygens (including phenoxy) is 1. The molecule has 3 aliphatic heterocycles. The van der Waals surface area contributed by atoms with Crippen molar-refractivity contribution in [1.82, 2.24) is 10.2 Å². The van der Waals surface area contributed by atoms with Crippen molar-refractivity contribution in [3.05, 3.63) is 61.0 Å². The van der Waals surface area contributed by atoms with Crippen LogP contribution in [0.15, 0.2) is 50.5 Å². The van der Waals surface area contributed by atoms with Crippen molar-refractivity contribution in [3.63, 3.8) is 0 Å². The number of carbonyl (C=O) groups excluding carboxylic acids is 3. The molecule has 3 heterocycles. The molecule has 1 unspecified atom stereocenters. The first kappa shape index (κ1) is 26.4. The molecule has 11 nitrogen and oxygen atoms in total. The molecule has 190 valence electrons. The van der Waals surface area contributed by atoms with Crippen molar-refractivity contribution in [2.75, 3.05) is 24.4 Å². The number of oxime groups is 1. The van der Waals surface area contributed by atoms with Gasteiger partial charge < -0.3 is 14.9 Å². The molecule has 1 saturated heterocycles. The van der Waals surface area contributed by atoms with Crippen molar-refractivity contribution < 1.29 is 28.9 Å². The fourth-order valence-electron chi connectivity index (χ4n) is 3.49. The van der Waals surface area contributed by atoms with Gasteiger partial charge in [0.2, 0.25) is 0 Å². The lowest BCUT2D eigenvalue weighted by Crippen LogP contribution is -2.71. The molecular formula is C21H19ClN4O7S3. The van der Waals surface area contributed by atoms with E-state index in [1.54, 1.807) is 11.8 Å². The van der Waals surface area contributed by atoms with Gasteiger partial charge in [0, 0.05) is 34.3 Å². The number of halogens is 1. The quantitative estimate of drug-likeness (QED) is 0.163. The molecular weight excluding hydrogens is 552 g/mol. The Hall–Kier alpha value is -2.68. The van der Waals surface area contributed by atoms with Crippen LogP contribution in [0.3, 0.4) is 0 Å². The second-order valence-electron chi connectivity index (χ2n) is 7.44. The van der Waals surface area contributed by atoms with Crippen LogP contribution in [0.4, 0.5) is 5.69 Å². The number of benzene rings is 1. The van der Waals surface area contributed by atoms with Crippen LogP contribution >= 0.6 is 46.9 Å². The number of hydrogen-bond acceptors (Lipinski definition) is 11. The van der Waals surface area contributed by atoms with Gasteiger partial charge in [0.05, 0.1) is 9.96 Å². The first-order valence-corrected chi connectivity index (χ1v) is 13.9. The summed E-state index contributed by atoms with van der Waals surface area (Å²) in [6.45, 7) is -0.161. The van der Waals surface area contributed by atoms with Gasteiger partial charge in [-0.25, -0.2) is 4.79 Å². The number of amides is 2. The molecule has 36 heavy (non-hydrogen) atoms. The molecule has 2 amide bonds. The molecule has 1 aromatic carbocycles. The lowest BCUT2D eigenvalue weighted by Gasteiger charge is -2.49. The van der Waals surface area contributed by atoms with Gasteiger partial charge in [-0.05, 0) is 23.1 Å². The Morgan fingerprint density at radius 3 is 2.69 bits per heavy atom. The van der Waals surface area contributed by atoms with Gasteiger partial charge in [-0.3, -0.25) is 24.6 Å². The SMILES string of the molecule is CO/N=C(\C(=O)NC1C(=O)N2C(C(=O)OCc3ccc([N+](=O)[O-])cc3)=C(Cl)CS[C@H]12)C1=CSCCS1. The molecule has 0 spiro atoms. The number of fused-ring (bicyclic) bond motifs is 1. The topological polar surface area (TPSA) is 140 Å². The lowest BCUT2D eigenvalue weighted by atomic mass is 10.0. The maximum absolute atomic E-state index is 13.0. The second kappa shape index (κ2) is 11.6. The molecule has 0 saturated carbocycles. The minimum Gasteiger partial charge on any atom is -0.456 e. The first-order chi connectivity index (χ1) is 17.3. The van der Waals surface area contributed by atoms with Gasteiger partial charge in [-0.15, -0.1) is 35.3 Å². The van der Waals surface area contributed by atoms with Crippen molar-refractivity contribution in [2.45, 2.75) is 18.0 Å². The minimum atomic E-state index is -0.881. The summed E-state index contributed by atoms with van der Waals surface area (Å²) in [7, 11) is 1.34. The third-order valence-corrected chi connectivity index (χ3v) is 9.23. The molecule has 1 aromatic rings. The molecule has 15 heteroatoms. The average Bonchev–Trinajstić information content (AvgIpc) is 2.89. The first-order valence-electron chi connectivity index (χ1n) is 10.4. The Morgan fingerprint density at radius 1 is 1.31 bits per heavy atom. The Balaban J connectivity index is 1.41. The van der Waals surface area contributed by atoms with E-state index in [1.165, 1.54) is 59.8 Å². The molecule has 1 N–H and O–H groups in total. The van der Waals surface area contributed by atoms with Gasteiger partial charge in [-0.2, -0.15) is 0 Å². The highest BCUT2D eigenvalue weighted by Crippen LogP contribution is 2.42. The number of β-lactam (4-membered cyclic amide) rings is 1. The number of hydrogen-bond donors (Lipinski definition) is 1.